The van der Waals surface area contributed by atoms with Gasteiger partial charge in [0.25, 0.3) is 0 Å². The molecule has 0 fully saturated rings. The van der Waals surface area contributed by atoms with Gasteiger partial charge in [0, 0.05) is 16.9 Å². The minimum atomic E-state index is -0.406. The van der Waals surface area contributed by atoms with Crippen molar-refractivity contribution in [3.8, 4) is 5.75 Å². The third-order valence-corrected chi connectivity index (χ3v) is 5.04. The molecule has 5 nitrogen and oxygen atoms in total. The number of para-hydroxylation sites is 1. The fraction of sp³-hybridized carbons (Fsp3) is 0.263. The van der Waals surface area contributed by atoms with Crippen LogP contribution in [-0.4, -0.2) is 29.5 Å². The highest BCUT2D eigenvalue weighted by Crippen LogP contribution is 2.31. The Kier molecular flexibility index (Phi) is 5.44. The van der Waals surface area contributed by atoms with Crippen molar-refractivity contribution in [2.45, 2.75) is 19.5 Å². The van der Waals surface area contributed by atoms with Crippen LogP contribution in [0.1, 0.15) is 19.4 Å². The van der Waals surface area contributed by atoms with Crippen molar-refractivity contribution >= 4 is 45.7 Å². The molecule has 26 heavy (non-hydrogen) atoms. The smallest absolute Gasteiger partial charge is 0.234 e. The van der Waals surface area contributed by atoms with Crippen molar-refractivity contribution in [2.75, 3.05) is 23.5 Å². The Morgan fingerprint density at radius 2 is 2.08 bits per heavy atom. The molecule has 0 radical (unpaired) electrons. The zero-order chi connectivity index (χ0) is 18.7. The van der Waals surface area contributed by atoms with Gasteiger partial charge in [0.05, 0.1) is 17.9 Å². The molecule has 136 valence electrons. The monoisotopic (exact) mass is 389 g/mol. The number of rotatable bonds is 4. The van der Waals surface area contributed by atoms with Crippen LogP contribution in [0.3, 0.4) is 0 Å². The maximum atomic E-state index is 12.3. The number of anilines is 2. The summed E-state index contributed by atoms with van der Waals surface area (Å²) in [6.45, 7) is 4.01. The van der Waals surface area contributed by atoms with Crippen LogP contribution in [0.4, 0.5) is 11.4 Å². The van der Waals surface area contributed by atoms with Gasteiger partial charge in [-0.05, 0) is 38.1 Å². The van der Waals surface area contributed by atoms with Crippen molar-refractivity contribution in [3.05, 3.63) is 53.1 Å². The number of benzene rings is 2. The molecule has 1 heterocycles. The van der Waals surface area contributed by atoms with E-state index >= 15 is 0 Å². The van der Waals surface area contributed by atoms with E-state index < -0.39 is 5.66 Å². The number of hydrogen-bond donors (Lipinski definition) is 2. The number of halogens is 1. The lowest BCUT2D eigenvalue weighted by Crippen LogP contribution is -2.34. The molecule has 0 aromatic heterocycles. The van der Waals surface area contributed by atoms with Crippen LogP contribution in [0.15, 0.2) is 47.5 Å². The number of thioether (sulfide) groups is 1. The van der Waals surface area contributed by atoms with Gasteiger partial charge in [-0.15, -0.1) is 0 Å². The molecule has 2 N–H and O–H groups in total. The molecule has 2 aromatic rings. The van der Waals surface area contributed by atoms with Crippen molar-refractivity contribution in [1.29, 1.82) is 0 Å². The third-order valence-electron chi connectivity index (χ3n) is 3.75. The molecular weight excluding hydrogens is 370 g/mol. The van der Waals surface area contributed by atoms with E-state index in [9.17, 15) is 4.79 Å². The molecule has 0 bridgehead atoms. The number of amides is 1. The molecule has 0 spiro atoms. The van der Waals surface area contributed by atoms with Crippen molar-refractivity contribution in [3.63, 3.8) is 0 Å². The second-order valence-corrected chi connectivity index (χ2v) is 7.70. The zero-order valence-corrected chi connectivity index (χ0v) is 16.4. The molecule has 1 aliphatic rings. The van der Waals surface area contributed by atoms with Crippen molar-refractivity contribution < 1.29 is 9.53 Å². The first-order chi connectivity index (χ1) is 12.4. The predicted molar refractivity (Wildman–Crippen MR) is 110 cm³/mol. The summed E-state index contributed by atoms with van der Waals surface area (Å²) in [6, 6.07) is 13.1. The maximum Gasteiger partial charge on any atom is 0.234 e. The van der Waals surface area contributed by atoms with Crippen LogP contribution < -0.4 is 15.4 Å². The normalized spacial score (nSPS) is 14.7. The van der Waals surface area contributed by atoms with Gasteiger partial charge < -0.3 is 15.4 Å². The number of nitrogens with one attached hydrogen (secondary N) is 2. The predicted octanol–water partition coefficient (Wildman–Crippen LogP) is 4.63. The lowest BCUT2D eigenvalue weighted by Gasteiger charge is -2.30. The molecular formula is C19H20ClN3O2S. The van der Waals surface area contributed by atoms with E-state index in [0.29, 0.717) is 16.5 Å². The molecule has 1 amide bonds. The number of carbonyl (C=O) groups excluding carboxylic acids is 1. The summed E-state index contributed by atoms with van der Waals surface area (Å²) in [5, 5.41) is 7.54. The Balaban J connectivity index is 1.67. The highest BCUT2D eigenvalue weighted by Gasteiger charge is 2.26. The van der Waals surface area contributed by atoms with Crippen LogP contribution in [0.5, 0.6) is 5.75 Å². The van der Waals surface area contributed by atoms with Crippen LogP contribution in [-0.2, 0) is 4.79 Å². The summed E-state index contributed by atoms with van der Waals surface area (Å²) < 4.78 is 5.11. The summed E-state index contributed by atoms with van der Waals surface area (Å²) >= 11 is 7.51. The summed E-state index contributed by atoms with van der Waals surface area (Å²) in [5.74, 6) is 0.710. The average molecular weight is 390 g/mol. The van der Waals surface area contributed by atoms with Gasteiger partial charge in [-0.1, -0.05) is 41.6 Å². The van der Waals surface area contributed by atoms with Crippen molar-refractivity contribution in [1.82, 2.24) is 0 Å². The number of fused-ring (bicyclic) bond motifs is 1. The fourth-order valence-corrected chi connectivity index (χ4v) is 3.86. The van der Waals surface area contributed by atoms with Gasteiger partial charge in [-0.25, -0.2) is 0 Å². The van der Waals surface area contributed by atoms with E-state index in [1.54, 1.807) is 25.3 Å². The quantitative estimate of drug-likeness (QED) is 0.800. The molecule has 0 atom stereocenters. The first kappa shape index (κ1) is 18.6. The van der Waals surface area contributed by atoms with Gasteiger partial charge in [0.1, 0.15) is 16.5 Å². The van der Waals surface area contributed by atoms with Gasteiger partial charge >= 0.3 is 0 Å². The highest BCUT2D eigenvalue weighted by molar-refractivity contribution is 8.15. The van der Waals surface area contributed by atoms with Gasteiger partial charge in [0.15, 0.2) is 0 Å². The SMILES string of the molecule is COc1ccc(NC(=O)CSC2=NC(C)(C)Nc3ccccc32)cc1Cl. The maximum absolute atomic E-state index is 12.3. The van der Waals surface area contributed by atoms with E-state index in [1.165, 1.54) is 11.8 Å². The zero-order valence-electron chi connectivity index (χ0n) is 14.8. The topological polar surface area (TPSA) is 62.7 Å². The lowest BCUT2D eigenvalue weighted by molar-refractivity contribution is -0.113. The number of nitrogens with zero attached hydrogens (tertiary/aromatic N) is 1. The van der Waals surface area contributed by atoms with Gasteiger partial charge in [0.2, 0.25) is 5.91 Å². The number of methoxy groups -OCH3 is 1. The number of ether oxygens (including phenoxy) is 1. The Bertz CT molecular complexity index is 868. The molecule has 2 aromatic carbocycles. The summed E-state index contributed by atoms with van der Waals surface area (Å²) in [6.07, 6.45) is 0. The first-order valence-corrected chi connectivity index (χ1v) is 9.48. The van der Waals surface area contributed by atoms with E-state index in [-0.39, 0.29) is 11.7 Å². The fourth-order valence-electron chi connectivity index (χ4n) is 2.64. The second kappa shape index (κ2) is 7.60. The van der Waals surface area contributed by atoms with E-state index in [1.807, 2.05) is 38.1 Å². The number of aliphatic imine (C=N–C) groups is 1. The summed E-state index contributed by atoms with van der Waals surface area (Å²) in [5.41, 5.74) is 2.26. The highest BCUT2D eigenvalue weighted by atomic mass is 35.5. The van der Waals surface area contributed by atoms with E-state index in [4.69, 9.17) is 21.3 Å². The molecule has 1 aliphatic heterocycles. The first-order valence-electron chi connectivity index (χ1n) is 8.11. The molecule has 0 unspecified atom stereocenters. The molecule has 0 saturated carbocycles. The third kappa shape index (κ3) is 4.31. The van der Waals surface area contributed by atoms with Crippen LogP contribution >= 0.6 is 23.4 Å². The second-order valence-electron chi connectivity index (χ2n) is 6.33. The molecule has 0 saturated heterocycles. The van der Waals surface area contributed by atoms with Crippen LogP contribution in [0, 0.1) is 0 Å². The molecule has 7 heteroatoms. The minimum absolute atomic E-state index is 0.118. The standard InChI is InChI=1S/C19H20ClN3O2S/c1-19(2)22-15-7-5-4-6-13(15)18(23-19)26-11-17(24)21-12-8-9-16(25-3)14(20)10-12/h4-10,22H,11H2,1-3H3,(H,21,24). The number of carbonyl (C=O) groups is 1. The minimum Gasteiger partial charge on any atom is -0.495 e. The molecule has 0 aliphatic carbocycles. The van der Waals surface area contributed by atoms with Crippen LogP contribution in [0.2, 0.25) is 5.02 Å². The summed E-state index contributed by atoms with van der Waals surface area (Å²) in [7, 11) is 1.55. The average Bonchev–Trinajstić information content (AvgIpc) is 2.59. The summed E-state index contributed by atoms with van der Waals surface area (Å²) in [4.78, 5) is 17.0. The van der Waals surface area contributed by atoms with Gasteiger partial charge in [-0.3, -0.25) is 9.79 Å². The van der Waals surface area contributed by atoms with Crippen molar-refractivity contribution in [2.24, 2.45) is 4.99 Å². The Morgan fingerprint density at radius 3 is 2.81 bits per heavy atom. The van der Waals surface area contributed by atoms with Gasteiger partial charge in [-0.2, -0.15) is 0 Å². The Labute approximate surface area is 162 Å². The largest absolute Gasteiger partial charge is 0.495 e. The van der Waals surface area contributed by atoms with Crippen LogP contribution in [0.25, 0.3) is 0 Å². The lowest BCUT2D eigenvalue weighted by atomic mass is 10.1. The van der Waals surface area contributed by atoms with E-state index in [2.05, 4.69) is 10.6 Å². The Morgan fingerprint density at radius 1 is 1.31 bits per heavy atom. The van der Waals surface area contributed by atoms with E-state index in [0.717, 1.165) is 16.3 Å². The molecule has 3 rings (SSSR count). The number of hydrogen-bond acceptors (Lipinski definition) is 5. The Hall–Kier alpha value is -2.18.